The first-order chi connectivity index (χ1) is 10.5. The molecule has 4 nitrogen and oxygen atoms in total. The number of aliphatic hydroxyl groups excluding tert-OH is 1. The molecule has 1 aliphatic rings. The van der Waals surface area contributed by atoms with Gasteiger partial charge in [-0.1, -0.05) is 43.7 Å². The van der Waals surface area contributed by atoms with Crippen molar-refractivity contribution in [2.24, 2.45) is 5.92 Å². The van der Waals surface area contributed by atoms with Crippen LogP contribution < -0.4 is 0 Å². The first-order valence-electron chi connectivity index (χ1n) is 7.37. The Labute approximate surface area is 135 Å². The van der Waals surface area contributed by atoms with Crippen LogP contribution in [-0.4, -0.2) is 40.7 Å². The van der Waals surface area contributed by atoms with E-state index in [2.05, 4.69) is 0 Å². The summed E-state index contributed by atoms with van der Waals surface area (Å²) in [5, 5.41) is 9.03. The number of aryl methyl sites for hydroxylation is 1. The van der Waals surface area contributed by atoms with E-state index in [1.165, 1.54) is 16.7 Å². The van der Waals surface area contributed by atoms with Crippen LogP contribution in [0.4, 0.5) is 0 Å². The predicted molar refractivity (Wildman–Crippen MR) is 89.2 cm³/mol. The Balaban J connectivity index is 2.42. The first kappa shape index (κ1) is 16.8. The Morgan fingerprint density at radius 2 is 1.77 bits per heavy atom. The number of hydrogen-bond acceptors (Lipinski definition) is 4. The van der Waals surface area contributed by atoms with Crippen molar-refractivity contribution in [1.29, 1.82) is 0 Å². The maximum Gasteiger partial charge on any atom is 0.267 e. The molecule has 0 spiro atoms. The lowest BCUT2D eigenvalue weighted by atomic mass is 10.0. The number of carbonyl (C=O) groups is 2. The highest BCUT2D eigenvalue weighted by molar-refractivity contribution is 8.04. The van der Waals surface area contributed by atoms with E-state index in [1.54, 1.807) is 0 Å². The van der Waals surface area contributed by atoms with Crippen molar-refractivity contribution >= 4 is 29.1 Å². The molecule has 0 aliphatic carbocycles. The lowest BCUT2D eigenvalue weighted by molar-refractivity contribution is -0.137. The van der Waals surface area contributed by atoms with Gasteiger partial charge in [0.2, 0.25) is 0 Å². The summed E-state index contributed by atoms with van der Waals surface area (Å²) < 4.78 is 0. The molecule has 0 unspecified atom stereocenters. The molecule has 1 aromatic carbocycles. The van der Waals surface area contributed by atoms with Gasteiger partial charge >= 0.3 is 0 Å². The van der Waals surface area contributed by atoms with Gasteiger partial charge in [-0.15, -0.1) is 11.8 Å². The summed E-state index contributed by atoms with van der Waals surface area (Å²) in [7, 11) is 0. The molecule has 1 aromatic rings. The second kappa shape index (κ2) is 7.11. The third-order valence-electron chi connectivity index (χ3n) is 3.35. The number of benzene rings is 1. The Hall–Kier alpha value is -1.59. The van der Waals surface area contributed by atoms with E-state index in [0.29, 0.717) is 22.8 Å². The van der Waals surface area contributed by atoms with Gasteiger partial charge in [-0.05, 0) is 18.4 Å². The second-order valence-corrected chi connectivity index (χ2v) is 6.86. The SMILES string of the molecule is Cc1ccc(C2=C(SCCO)C(=O)N(CC(C)C)C2=O)cc1. The summed E-state index contributed by atoms with van der Waals surface area (Å²) in [5.41, 5.74) is 2.32. The van der Waals surface area contributed by atoms with Crippen molar-refractivity contribution in [3.05, 3.63) is 40.3 Å². The number of amides is 2. The average Bonchev–Trinajstić information content (AvgIpc) is 2.70. The van der Waals surface area contributed by atoms with Crippen LogP contribution in [0.5, 0.6) is 0 Å². The average molecular weight is 319 g/mol. The summed E-state index contributed by atoms with van der Waals surface area (Å²) in [6, 6.07) is 7.60. The van der Waals surface area contributed by atoms with Gasteiger partial charge in [0.1, 0.15) is 0 Å². The molecule has 2 rings (SSSR count). The maximum atomic E-state index is 12.7. The smallest absolute Gasteiger partial charge is 0.267 e. The van der Waals surface area contributed by atoms with Crippen molar-refractivity contribution in [3.8, 4) is 0 Å². The summed E-state index contributed by atoms with van der Waals surface area (Å²) >= 11 is 1.25. The minimum Gasteiger partial charge on any atom is -0.396 e. The van der Waals surface area contributed by atoms with Crippen LogP contribution >= 0.6 is 11.8 Å². The van der Waals surface area contributed by atoms with Gasteiger partial charge in [0.25, 0.3) is 11.8 Å². The molecule has 118 valence electrons. The normalized spacial score (nSPS) is 15.4. The zero-order chi connectivity index (χ0) is 16.3. The van der Waals surface area contributed by atoms with E-state index >= 15 is 0 Å². The predicted octanol–water partition coefficient (Wildman–Crippen LogP) is 2.46. The minimum atomic E-state index is -0.243. The molecule has 1 heterocycles. The highest BCUT2D eigenvalue weighted by atomic mass is 32.2. The van der Waals surface area contributed by atoms with E-state index in [4.69, 9.17) is 5.11 Å². The van der Waals surface area contributed by atoms with E-state index in [0.717, 1.165) is 11.1 Å². The molecule has 0 fully saturated rings. The second-order valence-electron chi connectivity index (χ2n) is 5.76. The molecule has 0 saturated carbocycles. The highest BCUT2D eigenvalue weighted by Crippen LogP contribution is 2.36. The van der Waals surface area contributed by atoms with E-state index in [9.17, 15) is 9.59 Å². The number of rotatable bonds is 6. The fourth-order valence-electron chi connectivity index (χ4n) is 2.34. The molecule has 0 atom stereocenters. The number of hydrogen-bond donors (Lipinski definition) is 1. The molecule has 1 aliphatic heterocycles. The number of aliphatic hydroxyl groups is 1. The van der Waals surface area contributed by atoms with Gasteiger partial charge in [0, 0.05) is 12.3 Å². The van der Waals surface area contributed by atoms with Crippen molar-refractivity contribution < 1.29 is 14.7 Å². The molecule has 0 saturated heterocycles. The van der Waals surface area contributed by atoms with Crippen LogP contribution in [0.2, 0.25) is 0 Å². The van der Waals surface area contributed by atoms with Crippen LogP contribution in [0, 0.1) is 12.8 Å². The summed E-state index contributed by atoms with van der Waals surface area (Å²) in [4.78, 5) is 27.0. The Bertz CT molecular complexity index is 605. The van der Waals surface area contributed by atoms with Gasteiger partial charge < -0.3 is 5.11 Å². The topological polar surface area (TPSA) is 57.6 Å². The summed E-state index contributed by atoms with van der Waals surface area (Å²) in [6.45, 7) is 6.32. The minimum absolute atomic E-state index is 0.0268. The fourth-order valence-corrected chi connectivity index (χ4v) is 3.22. The van der Waals surface area contributed by atoms with Gasteiger partial charge in [0.05, 0.1) is 17.1 Å². The number of thioether (sulfide) groups is 1. The van der Waals surface area contributed by atoms with E-state index in [1.807, 2.05) is 45.0 Å². The van der Waals surface area contributed by atoms with Crippen LogP contribution in [0.25, 0.3) is 5.57 Å². The molecule has 0 radical (unpaired) electrons. The fraction of sp³-hybridized carbons (Fsp3) is 0.412. The molecule has 0 bridgehead atoms. The third kappa shape index (κ3) is 3.42. The molecule has 2 amide bonds. The zero-order valence-electron chi connectivity index (χ0n) is 13.1. The molecule has 5 heteroatoms. The van der Waals surface area contributed by atoms with Crippen LogP contribution in [0.15, 0.2) is 29.2 Å². The van der Waals surface area contributed by atoms with Gasteiger partial charge in [0.15, 0.2) is 0 Å². The zero-order valence-corrected chi connectivity index (χ0v) is 13.9. The van der Waals surface area contributed by atoms with E-state index < -0.39 is 0 Å². The molecule has 22 heavy (non-hydrogen) atoms. The standard InChI is InChI=1S/C17H21NO3S/c1-11(2)10-18-16(20)14(13-6-4-12(3)5-7-13)15(17(18)21)22-9-8-19/h4-7,11,19H,8-10H2,1-3H3. The summed E-state index contributed by atoms with van der Waals surface area (Å²) in [5.74, 6) is 0.143. The third-order valence-corrected chi connectivity index (χ3v) is 4.41. The number of carbonyl (C=O) groups excluding carboxylic acids is 2. The van der Waals surface area contributed by atoms with Crippen LogP contribution in [0.1, 0.15) is 25.0 Å². The van der Waals surface area contributed by atoms with Crippen molar-refractivity contribution in [3.63, 3.8) is 0 Å². The molecule has 0 aromatic heterocycles. The van der Waals surface area contributed by atoms with Crippen molar-refractivity contribution in [1.82, 2.24) is 4.90 Å². The first-order valence-corrected chi connectivity index (χ1v) is 8.35. The van der Waals surface area contributed by atoms with Crippen LogP contribution in [-0.2, 0) is 9.59 Å². The van der Waals surface area contributed by atoms with Gasteiger partial charge in [-0.25, -0.2) is 0 Å². The van der Waals surface area contributed by atoms with Crippen molar-refractivity contribution in [2.45, 2.75) is 20.8 Å². The molecular weight excluding hydrogens is 298 g/mol. The van der Waals surface area contributed by atoms with Gasteiger partial charge in [-0.2, -0.15) is 0 Å². The lowest BCUT2D eigenvalue weighted by Gasteiger charge is -2.17. The highest BCUT2D eigenvalue weighted by Gasteiger charge is 2.39. The quantitative estimate of drug-likeness (QED) is 0.818. The Kier molecular flexibility index (Phi) is 5.42. The number of nitrogens with zero attached hydrogens (tertiary/aromatic N) is 1. The number of imide groups is 1. The van der Waals surface area contributed by atoms with E-state index in [-0.39, 0.29) is 24.3 Å². The Morgan fingerprint density at radius 1 is 1.14 bits per heavy atom. The van der Waals surface area contributed by atoms with Crippen molar-refractivity contribution in [2.75, 3.05) is 18.9 Å². The maximum absolute atomic E-state index is 12.7. The molecule has 1 N–H and O–H groups in total. The lowest BCUT2D eigenvalue weighted by Crippen LogP contribution is -2.34. The van der Waals surface area contributed by atoms with Gasteiger partial charge in [-0.3, -0.25) is 14.5 Å². The molecular formula is C17H21NO3S. The van der Waals surface area contributed by atoms with Crippen LogP contribution in [0.3, 0.4) is 0 Å². The summed E-state index contributed by atoms with van der Waals surface area (Å²) in [6.07, 6.45) is 0. The Morgan fingerprint density at radius 3 is 2.32 bits per heavy atom. The monoisotopic (exact) mass is 319 g/mol. The largest absolute Gasteiger partial charge is 0.396 e.